The van der Waals surface area contributed by atoms with E-state index in [9.17, 15) is 4.79 Å². The number of rotatable bonds is 3. The number of hydrogen-bond acceptors (Lipinski definition) is 3. The van der Waals surface area contributed by atoms with Crippen molar-refractivity contribution in [2.45, 2.75) is 6.92 Å². The van der Waals surface area contributed by atoms with E-state index in [0.29, 0.717) is 31.4 Å². The third kappa shape index (κ3) is 4.22. The van der Waals surface area contributed by atoms with Crippen molar-refractivity contribution in [3.63, 3.8) is 0 Å². The van der Waals surface area contributed by atoms with Gasteiger partial charge in [0.1, 0.15) is 0 Å². The maximum atomic E-state index is 11.5. The second-order valence-corrected chi connectivity index (χ2v) is 4.03. The summed E-state index contributed by atoms with van der Waals surface area (Å²) in [6, 6.07) is 0. The van der Waals surface area contributed by atoms with Gasteiger partial charge >= 0.3 is 6.09 Å². The quantitative estimate of drug-likeness (QED) is 0.599. The van der Waals surface area contributed by atoms with E-state index in [1.807, 2.05) is 6.92 Å². The molecule has 0 bridgehead atoms. The molecule has 17 heavy (non-hydrogen) atoms. The lowest BCUT2D eigenvalue weighted by Gasteiger charge is -2.35. The number of piperazine rings is 1. The molecule has 1 amide bonds. The molecule has 0 aromatic carbocycles. The summed E-state index contributed by atoms with van der Waals surface area (Å²) in [5.74, 6) is 0. The van der Waals surface area contributed by atoms with Crippen LogP contribution in [0.4, 0.5) is 4.79 Å². The maximum Gasteiger partial charge on any atom is 0.409 e. The van der Waals surface area contributed by atoms with Crippen LogP contribution in [0.2, 0.25) is 0 Å². The second kappa shape index (κ2) is 7.11. The monoisotopic (exact) mass is 257 g/mol. The highest BCUT2D eigenvalue weighted by molar-refractivity contribution is 7.80. The Morgan fingerprint density at radius 1 is 1.41 bits per heavy atom. The second-order valence-electron chi connectivity index (χ2n) is 3.65. The molecule has 1 aliphatic rings. The molecular formula is C11H19N3O2S. The highest BCUT2D eigenvalue weighted by Gasteiger charge is 2.22. The average molecular weight is 257 g/mol. The molecule has 1 rings (SSSR count). The Labute approximate surface area is 107 Å². The molecule has 1 heterocycles. The Balaban J connectivity index is 2.32. The van der Waals surface area contributed by atoms with Gasteiger partial charge in [-0.15, -0.1) is 6.58 Å². The molecule has 1 N–H and O–H groups in total. The molecule has 0 spiro atoms. The summed E-state index contributed by atoms with van der Waals surface area (Å²) in [4.78, 5) is 15.2. The Morgan fingerprint density at radius 3 is 2.53 bits per heavy atom. The van der Waals surface area contributed by atoms with Gasteiger partial charge in [-0.3, -0.25) is 0 Å². The van der Waals surface area contributed by atoms with E-state index in [1.54, 1.807) is 11.0 Å². The van der Waals surface area contributed by atoms with Crippen LogP contribution in [-0.2, 0) is 4.74 Å². The lowest BCUT2D eigenvalue weighted by Crippen LogP contribution is -2.53. The number of nitrogens with one attached hydrogen (secondary N) is 1. The fourth-order valence-corrected chi connectivity index (χ4v) is 1.84. The zero-order valence-electron chi connectivity index (χ0n) is 10.1. The standard InChI is InChI=1S/C11H19N3O2S/c1-3-5-12-10(17)13-6-8-14(9-7-13)11(15)16-4-2/h3H,1,4-9H2,2H3,(H,12,17). The number of amides is 1. The zero-order chi connectivity index (χ0) is 12.7. The molecule has 0 atom stereocenters. The van der Waals surface area contributed by atoms with Gasteiger partial charge in [0.2, 0.25) is 0 Å². The first-order valence-corrected chi connectivity index (χ1v) is 6.15. The smallest absolute Gasteiger partial charge is 0.409 e. The maximum absolute atomic E-state index is 11.5. The Kier molecular flexibility index (Phi) is 5.76. The van der Waals surface area contributed by atoms with Crippen molar-refractivity contribution in [1.29, 1.82) is 0 Å². The molecule has 6 heteroatoms. The normalized spacial score (nSPS) is 15.4. The minimum Gasteiger partial charge on any atom is -0.450 e. The molecule has 1 aliphatic heterocycles. The molecule has 5 nitrogen and oxygen atoms in total. The molecule has 1 fully saturated rings. The van der Waals surface area contributed by atoms with E-state index in [2.05, 4.69) is 16.8 Å². The Hall–Kier alpha value is -1.30. The lowest BCUT2D eigenvalue weighted by molar-refractivity contribution is 0.0919. The zero-order valence-corrected chi connectivity index (χ0v) is 11.0. The van der Waals surface area contributed by atoms with Gasteiger partial charge in [0.15, 0.2) is 5.11 Å². The van der Waals surface area contributed by atoms with Crippen LogP contribution in [0, 0.1) is 0 Å². The summed E-state index contributed by atoms with van der Waals surface area (Å²) in [6.45, 7) is 9.28. The van der Waals surface area contributed by atoms with Gasteiger partial charge in [-0.2, -0.15) is 0 Å². The number of carbonyl (C=O) groups is 1. The molecule has 0 radical (unpaired) electrons. The summed E-state index contributed by atoms with van der Waals surface area (Å²) < 4.78 is 4.95. The fraction of sp³-hybridized carbons (Fsp3) is 0.636. The summed E-state index contributed by atoms with van der Waals surface area (Å²) in [6.07, 6.45) is 1.53. The number of ether oxygens (including phenoxy) is 1. The van der Waals surface area contributed by atoms with Crippen molar-refractivity contribution < 1.29 is 9.53 Å². The van der Waals surface area contributed by atoms with Crippen LogP contribution >= 0.6 is 12.2 Å². The third-order valence-electron chi connectivity index (χ3n) is 2.49. The first kappa shape index (κ1) is 13.8. The van der Waals surface area contributed by atoms with Crippen LogP contribution in [0.15, 0.2) is 12.7 Å². The number of nitrogens with zero attached hydrogens (tertiary/aromatic N) is 2. The average Bonchev–Trinajstić information content (AvgIpc) is 2.36. The molecule has 0 unspecified atom stereocenters. The van der Waals surface area contributed by atoms with Crippen LogP contribution in [0.25, 0.3) is 0 Å². The van der Waals surface area contributed by atoms with E-state index in [1.165, 1.54) is 0 Å². The summed E-state index contributed by atoms with van der Waals surface area (Å²) in [7, 11) is 0. The summed E-state index contributed by atoms with van der Waals surface area (Å²) in [5, 5.41) is 3.79. The molecule has 1 saturated heterocycles. The van der Waals surface area contributed by atoms with Crippen molar-refractivity contribution in [3.8, 4) is 0 Å². The molecule has 0 aromatic heterocycles. The van der Waals surface area contributed by atoms with Gasteiger partial charge in [-0.05, 0) is 19.1 Å². The van der Waals surface area contributed by atoms with E-state index >= 15 is 0 Å². The Morgan fingerprint density at radius 2 is 2.00 bits per heavy atom. The van der Waals surface area contributed by atoms with E-state index in [-0.39, 0.29) is 6.09 Å². The van der Waals surface area contributed by atoms with Gasteiger partial charge in [-0.25, -0.2) is 4.79 Å². The van der Waals surface area contributed by atoms with Crippen molar-refractivity contribution in [2.24, 2.45) is 0 Å². The molecule has 0 aliphatic carbocycles. The first-order chi connectivity index (χ1) is 8.19. The van der Waals surface area contributed by atoms with Crippen LogP contribution < -0.4 is 5.32 Å². The fourth-order valence-electron chi connectivity index (χ4n) is 1.58. The van der Waals surface area contributed by atoms with Gasteiger partial charge in [-0.1, -0.05) is 6.08 Å². The number of carbonyl (C=O) groups excluding carboxylic acids is 1. The van der Waals surface area contributed by atoms with Crippen molar-refractivity contribution in [2.75, 3.05) is 39.3 Å². The highest BCUT2D eigenvalue weighted by atomic mass is 32.1. The predicted molar refractivity (Wildman–Crippen MR) is 71.0 cm³/mol. The van der Waals surface area contributed by atoms with E-state index < -0.39 is 0 Å². The predicted octanol–water partition coefficient (Wildman–Crippen LogP) is 0.821. The van der Waals surface area contributed by atoms with Crippen molar-refractivity contribution in [1.82, 2.24) is 15.1 Å². The number of hydrogen-bond donors (Lipinski definition) is 1. The van der Waals surface area contributed by atoms with Crippen LogP contribution in [0.1, 0.15) is 6.92 Å². The van der Waals surface area contributed by atoms with Gasteiger partial charge in [0, 0.05) is 32.7 Å². The lowest BCUT2D eigenvalue weighted by atomic mass is 10.3. The van der Waals surface area contributed by atoms with Crippen molar-refractivity contribution >= 4 is 23.4 Å². The van der Waals surface area contributed by atoms with Gasteiger partial charge in [0.05, 0.1) is 6.61 Å². The van der Waals surface area contributed by atoms with Gasteiger partial charge < -0.3 is 19.9 Å². The minimum absolute atomic E-state index is 0.239. The van der Waals surface area contributed by atoms with Crippen LogP contribution in [0.3, 0.4) is 0 Å². The van der Waals surface area contributed by atoms with Crippen LogP contribution in [-0.4, -0.2) is 60.3 Å². The van der Waals surface area contributed by atoms with E-state index in [4.69, 9.17) is 17.0 Å². The molecular weight excluding hydrogens is 238 g/mol. The van der Waals surface area contributed by atoms with Crippen LogP contribution in [0.5, 0.6) is 0 Å². The number of thiocarbonyl (C=S) groups is 1. The molecule has 0 saturated carbocycles. The van der Waals surface area contributed by atoms with Crippen molar-refractivity contribution in [3.05, 3.63) is 12.7 Å². The summed E-state index contributed by atoms with van der Waals surface area (Å²) >= 11 is 5.23. The van der Waals surface area contributed by atoms with Gasteiger partial charge in [0.25, 0.3) is 0 Å². The molecule has 96 valence electrons. The third-order valence-corrected chi connectivity index (χ3v) is 2.89. The topological polar surface area (TPSA) is 44.8 Å². The molecule has 0 aromatic rings. The highest BCUT2D eigenvalue weighted by Crippen LogP contribution is 2.04. The SMILES string of the molecule is C=CCNC(=S)N1CCN(C(=O)OCC)CC1. The van der Waals surface area contributed by atoms with E-state index in [0.717, 1.165) is 13.1 Å². The first-order valence-electron chi connectivity index (χ1n) is 5.74. The minimum atomic E-state index is -0.239. The Bertz CT molecular complexity index is 288. The largest absolute Gasteiger partial charge is 0.450 e. The summed E-state index contributed by atoms with van der Waals surface area (Å²) in [5.41, 5.74) is 0.